The molecule has 0 aliphatic heterocycles. The van der Waals surface area contributed by atoms with E-state index in [1.54, 1.807) is 24.3 Å². The van der Waals surface area contributed by atoms with Crippen LogP contribution in [0.25, 0.3) is 0 Å². The molecule has 0 aromatic heterocycles. The van der Waals surface area contributed by atoms with Gasteiger partial charge in [0.1, 0.15) is 0 Å². The van der Waals surface area contributed by atoms with Crippen molar-refractivity contribution in [1.82, 2.24) is 5.32 Å². The molecule has 1 atom stereocenters. The summed E-state index contributed by atoms with van der Waals surface area (Å²) in [5.74, 6) is -0.811. The Labute approximate surface area is 165 Å². The van der Waals surface area contributed by atoms with Crippen LogP contribution >= 0.6 is 11.8 Å². The van der Waals surface area contributed by atoms with Crippen LogP contribution in [0.1, 0.15) is 36.2 Å². The van der Waals surface area contributed by atoms with Crippen molar-refractivity contribution >= 4 is 29.3 Å². The molecule has 28 heavy (non-hydrogen) atoms. The van der Waals surface area contributed by atoms with E-state index < -0.39 is 11.4 Å². The lowest BCUT2D eigenvalue weighted by Gasteiger charge is -2.13. The molecule has 150 valence electrons. The second-order valence-corrected chi connectivity index (χ2v) is 7.33. The molecule has 2 rings (SSSR count). The average Bonchev–Trinajstić information content (AvgIpc) is 2.65. The quantitative estimate of drug-likeness (QED) is 0.616. The summed E-state index contributed by atoms with van der Waals surface area (Å²) in [6.45, 7) is 3.87. The van der Waals surface area contributed by atoms with E-state index in [-0.39, 0.29) is 40.6 Å². The number of carbonyl (C=O) groups is 2. The first-order chi connectivity index (χ1) is 13.2. The minimum Gasteiger partial charge on any atom is -0.348 e. The third-order valence-corrected chi connectivity index (χ3v) is 4.87. The van der Waals surface area contributed by atoms with Gasteiger partial charge in [0.15, 0.2) is 0 Å². The number of nitrogens with one attached hydrogen (secondary N) is 2. The van der Waals surface area contributed by atoms with Crippen molar-refractivity contribution in [3.05, 3.63) is 59.7 Å². The molecule has 0 radical (unpaired) electrons. The monoisotopic (exact) mass is 410 g/mol. The van der Waals surface area contributed by atoms with Gasteiger partial charge in [-0.05, 0) is 48.0 Å². The van der Waals surface area contributed by atoms with Gasteiger partial charge in [0, 0.05) is 23.0 Å². The highest BCUT2D eigenvalue weighted by Gasteiger charge is 2.31. The molecule has 0 fully saturated rings. The minimum atomic E-state index is -4.47. The molecule has 0 aliphatic carbocycles. The number of alkyl halides is 3. The molecular weight excluding hydrogens is 389 g/mol. The van der Waals surface area contributed by atoms with E-state index in [9.17, 15) is 22.8 Å². The van der Waals surface area contributed by atoms with E-state index in [1.165, 1.54) is 24.3 Å². The molecule has 0 bridgehead atoms. The largest absolute Gasteiger partial charge is 0.446 e. The summed E-state index contributed by atoms with van der Waals surface area (Å²) in [6, 6.07) is 12.5. The maximum absolute atomic E-state index is 12.7. The average molecular weight is 410 g/mol. The van der Waals surface area contributed by atoms with E-state index in [1.807, 2.05) is 13.8 Å². The first kappa shape index (κ1) is 21.8. The van der Waals surface area contributed by atoms with E-state index in [2.05, 4.69) is 10.6 Å². The Kier molecular flexibility index (Phi) is 7.51. The zero-order valence-corrected chi connectivity index (χ0v) is 16.3. The third-order valence-electron chi connectivity index (χ3n) is 4.06. The topological polar surface area (TPSA) is 58.2 Å². The van der Waals surface area contributed by atoms with Crippen molar-refractivity contribution in [3.8, 4) is 0 Å². The molecule has 8 heteroatoms. The van der Waals surface area contributed by atoms with Gasteiger partial charge in [0.25, 0.3) is 5.91 Å². The van der Waals surface area contributed by atoms with E-state index in [4.69, 9.17) is 0 Å². The molecule has 2 N–H and O–H groups in total. The molecule has 0 aliphatic rings. The van der Waals surface area contributed by atoms with Crippen LogP contribution in [0.15, 0.2) is 53.4 Å². The Balaban J connectivity index is 2.04. The standard InChI is InChI=1S/C20H21F3N2O2S/c1-3-13(2)18(26)25-15-8-6-7-14(11-15)12-24-19(27)16-9-4-5-10-17(16)28-20(21,22)23/h4-11,13H,3,12H2,1-2H3,(H,24,27)(H,25,26). The van der Waals surface area contributed by atoms with Gasteiger partial charge in [0.05, 0.1) is 5.56 Å². The highest BCUT2D eigenvalue weighted by atomic mass is 32.2. The fourth-order valence-corrected chi connectivity index (χ4v) is 3.02. The molecule has 2 aromatic carbocycles. The molecule has 2 aromatic rings. The molecule has 0 saturated carbocycles. The Morgan fingerprint density at radius 1 is 1.11 bits per heavy atom. The lowest BCUT2D eigenvalue weighted by Crippen LogP contribution is -2.24. The van der Waals surface area contributed by atoms with Gasteiger partial charge in [-0.3, -0.25) is 9.59 Å². The molecular formula is C20H21F3N2O2S. The molecule has 4 nitrogen and oxygen atoms in total. The predicted octanol–water partition coefficient (Wildman–Crippen LogP) is 5.21. The van der Waals surface area contributed by atoms with Crippen molar-refractivity contribution < 1.29 is 22.8 Å². The number of anilines is 1. The minimum absolute atomic E-state index is 0.0361. The summed E-state index contributed by atoms with van der Waals surface area (Å²) in [4.78, 5) is 24.2. The van der Waals surface area contributed by atoms with Crippen molar-refractivity contribution in [3.63, 3.8) is 0 Å². The van der Waals surface area contributed by atoms with Crippen LogP contribution in [0.4, 0.5) is 18.9 Å². The van der Waals surface area contributed by atoms with Gasteiger partial charge in [-0.2, -0.15) is 13.2 Å². The van der Waals surface area contributed by atoms with Crippen LogP contribution in [-0.2, 0) is 11.3 Å². The molecule has 0 heterocycles. The maximum Gasteiger partial charge on any atom is 0.446 e. The molecule has 2 amide bonds. The summed E-state index contributed by atoms with van der Waals surface area (Å²) in [6.07, 6.45) is 0.719. The number of thioether (sulfide) groups is 1. The molecule has 1 unspecified atom stereocenters. The van der Waals surface area contributed by atoms with Gasteiger partial charge in [-0.1, -0.05) is 38.1 Å². The number of amides is 2. The zero-order valence-electron chi connectivity index (χ0n) is 15.5. The van der Waals surface area contributed by atoms with E-state index >= 15 is 0 Å². The molecule has 0 saturated heterocycles. The summed E-state index contributed by atoms with van der Waals surface area (Å²) in [5.41, 5.74) is -3.19. The van der Waals surface area contributed by atoms with E-state index in [0.29, 0.717) is 5.69 Å². The summed E-state index contributed by atoms with van der Waals surface area (Å²) in [5, 5.41) is 5.43. The van der Waals surface area contributed by atoms with Crippen LogP contribution in [0, 0.1) is 5.92 Å². The molecule has 0 spiro atoms. The zero-order chi connectivity index (χ0) is 20.7. The van der Waals surface area contributed by atoms with Crippen LogP contribution in [0.2, 0.25) is 0 Å². The number of carbonyl (C=O) groups excluding carboxylic acids is 2. The van der Waals surface area contributed by atoms with Gasteiger partial charge < -0.3 is 10.6 Å². The van der Waals surface area contributed by atoms with Crippen LogP contribution in [0.3, 0.4) is 0 Å². The number of hydrogen-bond acceptors (Lipinski definition) is 3. The third kappa shape index (κ3) is 6.60. The van der Waals surface area contributed by atoms with Gasteiger partial charge >= 0.3 is 5.51 Å². The van der Waals surface area contributed by atoms with E-state index in [0.717, 1.165) is 12.0 Å². The highest BCUT2D eigenvalue weighted by molar-refractivity contribution is 8.00. The lowest BCUT2D eigenvalue weighted by atomic mass is 10.1. The van der Waals surface area contributed by atoms with Crippen LogP contribution in [0.5, 0.6) is 0 Å². The number of hydrogen-bond donors (Lipinski definition) is 2. The number of rotatable bonds is 7. The normalized spacial score (nSPS) is 12.3. The second-order valence-electron chi connectivity index (χ2n) is 6.23. The summed E-state index contributed by atoms with van der Waals surface area (Å²) < 4.78 is 38.0. The Hall–Kier alpha value is -2.48. The van der Waals surface area contributed by atoms with Gasteiger partial charge in [-0.15, -0.1) is 0 Å². The van der Waals surface area contributed by atoms with Crippen molar-refractivity contribution in [2.24, 2.45) is 5.92 Å². The van der Waals surface area contributed by atoms with Crippen LogP contribution in [-0.4, -0.2) is 17.3 Å². The Morgan fingerprint density at radius 3 is 2.50 bits per heavy atom. The number of benzene rings is 2. The summed E-state index contributed by atoms with van der Waals surface area (Å²) >= 11 is -0.317. The first-order valence-corrected chi connectivity index (χ1v) is 9.54. The highest BCUT2D eigenvalue weighted by Crippen LogP contribution is 2.38. The van der Waals surface area contributed by atoms with Crippen molar-refractivity contribution in [1.29, 1.82) is 0 Å². The Morgan fingerprint density at radius 2 is 1.82 bits per heavy atom. The SMILES string of the molecule is CCC(C)C(=O)Nc1cccc(CNC(=O)c2ccccc2SC(F)(F)F)c1. The first-order valence-electron chi connectivity index (χ1n) is 8.72. The fourth-order valence-electron chi connectivity index (χ4n) is 2.36. The smallest absolute Gasteiger partial charge is 0.348 e. The van der Waals surface area contributed by atoms with Gasteiger partial charge in [-0.25, -0.2) is 0 Å². The predicted molar refractivity (Wildman–Crippen MR) is 104 cm³/mol. The van der Waals surface area contributed by atoms with Crippen molar-refractivity contribution in [2.75, 3.05) is 5.32 Å². The maximum atomic E-state index is 12.7. The Bertz CT molecular complexity index is 840. The lowest BCUT2D eigenvalue weighted by molar-refractivity contribution is -0.119. The van der Waals surface area contributed by atoms with Crippen molar-refractivity contribution in [2.45, 2.75) is 37.2 Å². The van der Waals surface area contributed by atoms with Crippen LogP contribution < -0.4 is 10.6 Å². The van der Waals surface area contributed by atoms with Gasteiger partial charge in [0.2, 0.25) is 5.91 Å². The summed E-state index contributed by atoms with van der Waals surface area (Å²) in [7, 11) is 0. The number of halogens is 3. The fraction of sp³-hybridized carbons (Fsp3) is 0.300. The second kappa shape index (κ2) is 9.64.